The Kier molecular flexibility index (Phi) is 3.10. The molecule has 1 aromatic rings. The van der Waals surface area contributed by atoms with Gasteiger partial charge in [0.15, 0.2) is 0 Å². The van der Waals surface area contributed by atoms with Crippen molar-refractivity contribution in [2.45, 2.75) is 12.5 Å². The van der Waals surface area contributed by atoms with Gasteiger partial charge < -0.3 is 10.1 Å². The van der Waals surface area contributed by atoms with Gasteiger partial charge in [0.25, 0.3) is 0 Å². The number of ether oxygens (including phenoxy) is 1. The predicted molar refractivity (Wildman–Crippen MR) is 58.1 cm³/mol. The summed E-state index contributed by atoms with van der Waals surface area (Å²) in [5, 5.41) is 12.4. The predicted octanol–water partition coefficient (Wildman–Crippen LogP) is 1.95. The zero-order valence-electron chi connectivity index (χ0n) is 8.16. The molecule has 1 atom stereocenters. The van der Waals surface area contributed by atoms with Crippen LogP contribution in [0.15, 0.2) is 18.2 Å². The fourth-order valence-corrected chi connectivity index (χ4v) is 1.79. The van der Waals surface area contributed by atoms with Crippen LogP contribution in [0.5, 0.6) is 5.75 Å². The molecule has 4 heteroatoms. The van der Waals surface area contributed by atoms with Gasteiger partial charge in [-0.1, -0.05) is 11.6 Å². The van der Waals surface area contributed by atoms with E-state index in [0.717, 1.165) is 25.3 Å². The number of nitrogens with one attached hydrogen (secondary N) is 1. The van der Waals surface area contributed by atoms with Crippen LogP contribution in [0, 0.1) is 11.3 Å². The largest absolute Gasteiger partial charge is 0.489 e. The number of benzene rings is 1. The molecule has 0 aromatic heterocycles. The quantitative estimate of drug-likeness (QED) is 0.832. The molecule has 78 valence electrons. The van der Waals surface area contributed by atoms with Gasteiger partial charge in [-0.05, 0) is 25.1 Å². The lowest BCUT2D eigenvalue weighted by atomic mass is 10.2. The molecule has 0 saturated carbocycles. The highest BCUT2D eigenvalue weighted by atomic mass is 35.5. The van der Waals surface area contributed by atoms with E-state index < -0.39 is 0 Å². The Bertz CT molecular complexity index is 394. The van der Waals surface area contributed by atoms with Crippen LogP contribution in [0.1, 0.15) is 12.0 Å². The smallest absolute Gasteiger partial charge is 0.121 e. The second-order valence-electron chi connectivity index (χ2n) is 3.49. The van der Waals surface area contributed by atoms with E-state index in [-0.39, 0.29) is 6.10 Å². The first kappa shape index (κ1) is 10.3. The summed E-state index contributed by atoms with van der Waals surface area (Å²) in [7, 11) is 0. The highest BCUT2D eigenvalue weighted by molar-refractivity contribution is 6.31. The van der Waals surface area contributed by atoms with E-state index in [4.69, 9.17) is 21.6 Å². The van der Waals surface area contributed by atoms with Crippen molar-refractivity contribution in [3.05, 3.63) is 28.8 Å². The monoisotopic (exact) mass is 222 g/mol. The minimum absolute atomic E-state index is 0.217. The highest BCUT2D eigenvalue weighted by Crippen LogP contribution is 2.23. The first-order chi connectivity index (χ1) is 7.29. The molecule has 1 N–H and O–H groups in total. The maximum atomic E-state index is 8.71. The van der Waals surface area contributed by atoms with Crippen LogP contribution in [0.3, 0.4) is 0 Å². The normalized spacial score (nSPS) is 19.9. The average molecular weight is 223 g/mol. The number of nitriles is 1. The van der Waals surface area contributed by atoms with Crippen molar-refractivity contribution in [2.75, 3.05) is 13.1 Å². The molecular formula is C11H11ClN2O. The van der Waals surface area contributed by atoms with E-state index in [0.29, 0.717) is 10.6 Å². The molecule has 0 amide bonds. The summed E-state index contributed by atoms with van der Waals surface area (Å²) < 4.78 is 5.70. The van der Waals surface area contributed by atoms with E-state index in [1.54, 1.807) is 18.2 Å². The summed E-state index contributed by atoms with van der Waals surface area (Å²) in [5.74, 6) is 0.729. The minimum Gasteiger partial charge on any atom is -0.489 e. The Balaban J connectivity index is 2.09. The molecule has 1 aromatic carbocycles. The van der Waals surface area contributed by atoms with E-state index in [1.807, 2.05) is 6.07 Å². The second-order valence-corrected chi connectivity index (χ2v) is 3.89. The lowest BCUT2D eigenvalue weighted by molar-refractivity contribution is 0.223. The number of halogens is 1. The van der Waals surface area contributed by atoms with Gasteiger partial charge in [-0.25, -0.2) is 0 Å². The number of rotatable bonds is 2. The van der Waals surface area contributed by atoms with Crippen LogP contribution in [0.25, 0.3) is 0 Å². The third-order valence-corrected chi connectivity index (χ3v) is 2.69. The first-order valence-corrected chi connectivity index (χ1v) is 5.24. The van der Waals surface area contributed by atoms with Crippen molar-refractivity contribution in [1.82, 2.24) is 5.32 Å². The van der Waals surface area contributed by atoms with E-state index in [9.17, 15) is 0 Å². The maximum Gasteiger partial charge on any atom is 0.121 e. The summed E-state index contributed by atoms with van der Waals surface area (Å²) in [5.41, 5.74) is 0.480. The van der Waals surface area contributed by atoms with Crippen molar-refractivity contribution < 1.29 is 4.74 Å². The Morgan fingerprint density at radius 1 is 1.53 bits per heavy atom. The highest BCUT2D eigenvalue weighted by Gasteiger charge is 2.16. The molecule has 1 aliphatic heterocycles. The van der Waals surface area contributed by atoms with E-state index in [2.05, 4.69) is 5.32 Å². The molecule has 0 bridgehead atoms. The van der Waals surface area contributed by atoms with Crippen molar-refractivity contribution in [3.8, 4) is 11.8 Å². The third-order valence-electron chi connectivity index (χ3n) is 2.38. The minimum atomic E-state index is 0.217. The Morgan fingerprint density at radius 2 is 2.40 bits per heavy atom. The summed E-state index contributed by atoms with van der Waals surface area (Å²) in [4.78, 5) is 0. The molecule has 3 nitrogen and oxygen atoms in total. The van der Waals surface area contributed by atoms with Gasteiger partial charge in [0.2, 0.25) is 0 Å². The van der Waals surface area contributed by atoms with Crippen LogP contribution in [-0.4, -0.2) is 19.2 Å². The molecule has 2 rings (SSSR count). The lowest BCUT2D eigenvalue weighted by Gasteiger charge is -2.12. The second kappa shape index (κ2) is 4.52. The van der Waals surface area contributed by atoms with Crippen molar-refractivity contribution in [2.24, 2.45) is 0 Å². The average Bonchev–Trinajstić information content (AvgIpc) is 2.71. The van der Waals surface area contributed by atoms with Crippen molar-refractivity contribution in [1.29, 1.82) is 5.26 Å². The first-order valence-electron chi connectivity index (χ1n) is 4.86. The standard InChI is InChI=1S/C11H11ClN2O/c12-11-5-9(2-1-8(11)6-13)15-10-3-4-14-7-10/h1-2,5,10,14H,3-4,7H2. The zero-order chi connectivity index (χ0) is 10.7. The molecule has 1 aliphatic rings. The molecular weight excluding hydrogens is 212 g/mol. The molecule has 15 heavy (non-hydrogen) atoms. The van der Waals surface area contributed by atoms with Crippen LogP contribution >= 0.6 is 11.6 Å². The van der Waals surface area contributed by atoms with E-state index >= 15 is 0 Å². The topological polar surface area (TPSA) is 45.0 Å². The summed E-state index contributed by atoms with van der Waals surface area (Å²) in [6.07, 6.45) is 1.23. The van der Waals surface area contributed by atoms with Gasteiger partial charge in [-0.2, -0.15) is 5.26 Å². The molecule has 0 spiro atoms. The fourth-order valence-electron chi connectivity index (χ4n) is 1.58. The van der Waals surface area contributed by atoms with Crippen molar-refractivity contribution >= 4 is 11.6 Å². The van der Waals surface area contributed by atoms with Gasteiger partial charge in [0, 0.05) is 12.6 Å². The van der Waals surface area contributed by atoms with Crippen LogP contribution in [0.2, 0.25) is 5.02 Å². The lowest BCUT2D eigenvalue weighted by Crippen LogP contribution is -2.19. The molecule has 1 unspecified atom stereocenters. The SMILES string of the molecule is N#Cc1ccc(OC2CCNC2)cc1Cl. The summed E-state index contributed by atoms with van der Waals surface area (Å²) >= 11 is 5.90. The van der Waals surface area contributed by atoms with Crippen LogP contribution in [0.4, 0.5) is 0 Å². The molecule has 1 heterocycles. The summed E-state index contributed by atoms with van der Waals surface area (Å²) in [6, 6.07) is 7.17. The zero-order valence-corrected chi connectivity index (χ0v) is 8.92. The molecule has 0 radical (unpaired) electrons. The number of hydrogen-bond acceptors (Lipinski definition) is 3. The van der Waals surface area contributed by atoms with Crippen LogP contribution < -0.4 is 10.1 Å². The molecule has 1 fully saturated rings. The fraction of sp³-hybridized carbons (Fsp3) is 0.364. The Labute approximate surface area is 93.6 Å². The molecule has 0 aliphatic carbocycles. The summed E-state index contributed by atoms with van der Waals surface area (Å²) in [6.45, 7) is 1.87. The van der Waals surface area contributed by atoms with Gasteiger partial charge in [0.05, 0.1) is 10.6 Å². The number of nitrogens with zero attached hydrogens (tertiary/aromatic N) is 1. The van der Waals surface area contributed by atoms with Gasteiger partial charge >= 0.3 is 0 Å². The molecule has 1 saturated heterocycles. The Hall–Kier alpha value is -1.24. The third kappa shape index (κ3) is 2.41. The van der Waals surface area contributed by atoms with Gasteiger partial charge in [-0.3, -0.25) is 0 Å². The van der Waals surface area contributed by atoms with E-state index in [1.165, 1.54) is 0 Å². The van der Waals surface area contributed by atoms with Gasteiger partial charge in [0.1, 0.15) is 17.9 Å². The van der Waals surface area contributed by atoms with Crippen LogP contribution in [-0.2, 0) is 0 Å². The Morgan fingerprint density at radius 3 is 3.00 bits per heavy atom. The van der Waals surface area contributed by atoms with Gasteiger partial charge in [-0.15, -0.1) is 0 Å². The number of hydrogen-bond donors (Lipinski definition) is 1. The van der Waals surface area contributed by atoms with Crippen molar-refractivity contribution in [3.63, 3.8) is 0 Å². The maximum absolute atomic E-state index is 8.71.